The Balaban J connectivity index is 0.00000338. The first-order valence-electron chi connectivity index (χ1n) is 10.6. The monoisotopic (exact) mass is 479 g/mol. The van der Waals surface area contributed by atoms with E-state index in [9.17, 15) is 0 Å². The van der Waals surface area contributed by atoms with Crippen LogP contribution in [0, 0.1) is 5.92 Å². The molecule has 1 aliphatic heterocycles. The number of piperazine rings is 1. The van der Waals surface area contributed by atoms with Crippen molar-refractivity contribution < 1.29 is 0 Å². The first kappa shape index (κ1) is 24.0. The summed E-state index contributed by atoms with van der Waals surface area (Å²) in [5.74, 6) is 1.94. The molecule has 1 heterocycles. The van der Waals surface area contributed by atoms with Gasteiger partial charge < -0.3 is 15.5 Å². The second kappa shape index (κ2) is 14.0. The lowest BCUT2D eigenvalue weighted by atomic mass is 9.86. The summed E-state index contributed by atoms with van der Waals surface area (Å²) in [5, 5.41) is 7.01. The minimum Gasteiger partial charge on any atom is -0.356 e. The van der Waals surface area contributed by atoms with Gasteiger partial charge in [0.1, 0.15) is 0 Å². The standard InChI is InChI=1S/C20H41N5.HI/c1-4-24-13-15-25(16-14-24)18(2)17-23-20(21-3)22-12-8-11-19-9-6-5-7-10-19;/h18-19H,4-17H2,1-3H3,(H2,21,22,23);1H. The molecule has 0 radical (unpaired) electrons. The van der Waals surface area contributed by atoms with Gasteiger partial charge in [-0.15, -0.1) is 24.0 Å². The van der Waals surface area contributed by atoms with Gasteiger partial charge >= 0.3 is 0 Å². The maximum absolute atomic E-state index is 4.38. The molecule has 1 aliphatic carbocycles. The smallest absolute Gasteiger partial charge is 0.191 e. The quantitative estimate of drug-likeness (QED) is 0.243. The second-order valence-corrected chi connectivity index (χ2v) is 7.85. The van der Waals surface area contributed by atoms with Crippen molar-refractivity contribution in [3.05, 3.63) is 0 Å². The lowest BCUT2D eigenvalue weighted by molar-refractivity contribution is 0.107. The van der Waals surface area contributed by atoms with E-state index in [1.54, 1.807) is 0 Å². The number of halogens is 1. The van der Waals surface area contributed by atoms with E-state index in [2.05, 4.69) is 39.3 Å². The lowest BCUT2D eigenvalue weighted by Crippen LogP contribution is -2.53. The number of nitrogens with zero attached hydrogens (tertiary/aromatic N) is 3. The van der Waals surface area contributed by atoms with Crippen molar-refractivity contribution in [2.45, 2.75) is 64.8 Å². The van der Waals surface area contributed by atoms with E-state index in [1.807, 2.05) is 7.05 Å². The van der Waals surface area contributed by atoms with Gasteiger partial charge in [0.05, 0.1) is 0 Å². The van der Waals surface area contributed by atoms with Crippen LogP contribution in [0.1, 0.15) is 58.8 Å². The number of likely N-dealkylation sites (N-methyl/N-ethyl adjacent to an activating group) is 1. The molecule has 1 atom stereocenters. The van der Waals surface area contributed by atoms with Crippen molar-refractivity contribution in [3.63, 3.8) is 0 Å². The number of hydrogen-bond acceptors (Lipinski definition) is 3. The molecule has 0 aromatic rings. The molecule has 1 unspecified atom stereocenters. The zero-order valence-corrected chi connectivity index (χ0v) is 19.6. The van der Waals surface area contributed by atoms with Crippen molar-refractivity contribution in [1.82, 2.24) is 20.4 Å². The zero-order valence-electron chi connectivity index (χ0n) is 17.3. The molecule has 0 amide bonds. The Morgan fingerprint density at radius 1 is 1.08 bits per heavy atom. The molecule has 2 rings (SSSR count). The van der Waals surface area contributed by atoms with Gasteiger partial charge in [-0.25, -0.2) is 0 Å². The molecule has 2 N–H and O–H groups in total. The number of hydrogen-bond donors (Lipinski definition) is 2. The number of nitrogens with one attached hydrogen (secondary N) is 2. The van der Waals surface area contributed by atoms with Gasteiger partial charge in [0, 0.05) is 52.4 Å². The summed E-state index contributed by atoms with van der Waals surface area (Å²) >= 11 is 0. The molecule has 1 saturated carbocycles. The highest BCUT2D eigenvalue weighted by Crippen LogP contribution is 2.26. The molecular formula is C20H42IN5. The van der Waals surface area contributed by atoms with Crippen LogP contribution in [0.4, 0.5) is 0 Å². The maximum atomic E-state index is 4.38. The van der Waals surface area contributed by atoms with Crippen molar-refractivity contribution in [2.24, 2.45) is 10.9 Å². The summed E-state index contributed by atoms with van der Waals surface area (Å²) in [4.78, 5) is 9.51. The van der Waals surface area contributed by atoms with Gasteiger partial charge in [-0.05, 0) is 32.2 Å². The largest absolute Gasteiger partial charge is 0.356 e. The molecule has 154 valence electrons. The highest BCUT2D eigenvalue weighted by molar-refractivity contribution is 14.0. The van der Waals surface area contributed by atoms with Crippen LogP contribution in [-0.4, -0.2) is 74.7 Å². The predicted molar refractivity (Wildman–Crippen MR) is 124 cm³/mol. The summed E-state index contributed by atoms with van der Waals surface area (Å²) < 4.78 is 0. The third-order valence-corrected chi connectivity index (χ3v) is 6.07. The molecule has 26 heavy (non-hydrogen) atoms. The van der Waals surface area contributed by atoms with Gasteiger partial charge in [0.2, 0.25) is 0 Å². The van der Waals surface area contributed by atoms with Gasteiger partial charge in [-0.1, -0.05) is 39.0 Å². The summed E-state index contributed by atoms with van der Waals surface area (Å²) in [5.41, 5.74) is 0. The summed E-state index contributed by atoms with van der Waals surface area (Å²) in [6.45, 7) is 12.5. The fourth-order valence-electron chi connectivity index (χ4n) is 4.19. The molecule has 2 fully saturated rings. The van der Waals surface area contributed by atoms with E-state index in [-0.39, 0.29) is 24.0 Å². The molecule has 6 heteroatoms. The third-order valence-electron chi connectivity index (χ3n) is 6.07. The molecule has 0 bridgehead atoms. The Kier molecular flexibility index (Phi) is 12.9. The van der Waals surface area contributed by atoms with Gasteiger partial charge in [-0.3, -0.25) is 9.89 Å². The first-order chi connectivity index (χ1) is 12.2. The SMILES string of the molecule is CCN1CCN(C(C)CNC(=NC)NCCCC2CCCCC2)CC1.I. The summed E-state index contributed by atoms with van der Waals surface area (Å²) in [7, 11) is 1.88. The van der Waals surface area contributed by atoms with Crippen LogP contribution in [0.15, 0.2) is 4.99 Å². The van der Waals surface area contributed by atoms with E-state index in [0.717, 1.165) is 25.0 Å². The third kappa shape index (κ3) is 8.74. The number of guanidine groups is 1. The van der Waals surface area contributed by atoms with Crippen LogP contribution in [0.2, 0.25) is 0 Å². The Morgan fingerprint density at radius 2 is 1.77 bits per heavy atom. The number of aliphatic imine (C=N–C) groups is 1. The molecular weight excluding hydrogens is 437 g/mol. The van der Waals surface area contributed by atoms with Crippen LogP contribution in [0.25, 0.3) is 0 Å². The van der Waals surface area contributed by atoms with E-state index in [4.69, 9.17) is 0 Å². The molecule has 1 saturated heterocycles. The van der Waals surface area contributed by atoms with Crippen molar-refractivity contribution in [1.29, 1.82) is 0 Å². The highest BCUT2D eigenvalue weighted by atomic mass is 127. The molecule has 0 aromatic heterocycles. The van der Waals surface area contributed by atoms with Gasteiger partial charge in [0.25, 0.3) is 0 Å². The Bertz CT molecular complexity index is 376. The average molecular weight is 479 g/mol. The van der Waals surface area contributed by atoms with Crippen LogP contribution in [-0.2, 0) is 0 Å². The van der Waals surface area contributed by atoms with Gasteiger partial charge in [0.15, 0.2) is 5.96 Å². The van der Waals surface area contributed by atoms with E-state index < -0.39 is 0 Å². The van der Waals surface area contributed by atoms with Crippen LogP contribution < -0.4 is 10.6 Å². The summed E-state index contributed by atoms with van der Waals surface area (Å²) in [6, 6.07) is 0.555. The predicted octanol–water partition coefficient (Wildman–Crippen LogP) is 3.16. The minimum atomic E-state index is 0. The van der Waals surface area contributed by atoms with Crippen LogP contribution in [0.3, 0.4) is 0 Å². The van der Waals surface area contributed by atoms with Crippen molar-refractivity contribution in [2.75, 3.05) is 52.9 Å². The van der Waals surface area contributed by atoms with E-state index in [1.165, 1.54) is 77.7 Å². The normalized spacial score (nSPS) is 21.9. The summed E-state index contributed by atoms with van der Waals surface area (Å²) in [6.07, 6.45) is 9.90. The topological polar surface area (TPSA) is 42.9 Å². The second-order valence-electron chi connectivity index (χ2n) is 7.85. The zero-order chi connectivity index (χ0) is 17.9. The fourth-order valence-corrected chi connectivity index (χ4v) is 4.19. The Morgan fingerprint density at radius 3 is 2.38 bits per heavy atom. The highest BCUT2D eigenvalue weighted by Gasteiger charge is 2.20. The number of rotatable bonds is 8. The van der Waals surface area contributed by atoms with Crippen LogP contribution >= 0.6 is 24.0 Å². The van der Waals surface area contributed by atoms with Crippen molar-refractivity contribution in [3.8, 4) is 0 Å². The Hall–Kier alpha value is -0.0800. The molecule has 5 nitrogen and oxygen atoms in total. The molecule has 2 aliphatic rings. The van der Waals surface area contributed by atoms with Crippen LogP contribution in [0.5, 0.6) is 0 Å². The average Bonchev–Trinajstić information content (AvgIpc) is 2.68. The first-order valence-corrected chi connectivity index (χ1v) is 10.6. The fraction of sp³-hybridized carbons (Fsp3) is 0.950. The Labute approximate surface area is 178 Å². The molecule has 0 aromatic carbocycles. The minimum absolute atomic E-state index is 0. The maximum Gasteiger partial charge on any atom is 0.191 e. The van der Waals surface area contributed by atoms with Gasteiger partial charge in [-0.2, -0.15) is 0 Å². The van der Waals surface area contributed by atoms with Crippen molar-refractivity contribution >= 4 is 29.9 Å². The molecule has 0 spiro atoms. The lowest BCUT2D eigenvalue weighted by Gasteiger charge is -2.37. The van der Waals surface area contributed by atoms with E-state index >= 15 is 0 Å². The van der Waals surface area contributed by atoms with E-state index in [0.29, 0.717) is 6.04 Å².